The number of hydrogen-bond donors (Lipinski definition) is 1. The van der Waals surface area contributed by atoms with E-state index in [2.05, 4.69) is 15.9 Å². The Labute approximate surface area is 135 Å². The van der Waals surface area contributed by atoms with Gasteiger partial charge in [0.25, 0.3) is 0 Å². The van der Waals surface area contributed by atoms with Crippen molar-refractivity contribution < 1.29 is 4.39 Å². The van der Waals surface area contributed by atoms with Crippen LogP contribution < -0.4 is 5.73 Å². The zero-order valence-corrected chi connectivity index (χ0v) is 13.8. The number of benzene rings is 2. The molecule has 0 saturated heterocycles. The molecule has 0 aliphatic rings. The quantitative estimate of drug-likeness (QED) is 0.753. The molecule has 106 valence electrons. The standard InChI is InChI=1S/C15H14BrClFNS/c16-11-2-1-3-14(7-11)20-9-13(19)6-10-4-5-12(17)8-15(10)18/h1-5,7-8,13H,6,9,19H2. The van der Waals surface area contributed by atoms with Gasteiger partial charge < -0.3 is 5.73 Å². The van der Waals surface area contributed by atoms with Gasteiger partial charge in [0.15, 0.2) is 0 Å². The van der Waals surface area contributed by atoms with Gasteiger partial charge in [0.2, 0.25) is 0 Å². The molecule has 0 saturated carbocycles. The molecule has 0 heterocycles. The van der Waals surface area contributed by atoms with Crippen LogP contribution in [-0.4, -0.2) is 11.8 Å². The third-order valence-electron chi connectivity index (χ3n) is 2.76. The maximum atomic E-state index is 13.7. The van der Waals surface area contributed by atoms with Gasteiger partial charge in [0, 0.05) is 26.2 Å². The monoisotopic (exact) mass is 373 g/mol. The van der Waals surface area contributed by atoms with Crippen molar-refractivity contribution in [1.29, 1.82) is 0 Å². The van der Waals surface area contributed by atoms with E-state index in [1.807, 2.05) is 24.3 Å². The van der Waals surface area contributed by atoms with Gasteiger partial charge in [-0.25, -0.2) is 4.39 Å². The first kappa shape index (κ1) is 15.8. The fraction of sp³-hybridized carbons (Fsp3) is 0.200. The second-order valence-electron chi connectivity index (χ2n) is 4.47. The SMILES string of the molecule is NC(CSc1cccc(Br)c1)Cc1ccc(Cl)cc1F. The largest absolute Gasteiger partial charge is 0.327 e. The molecule has 2 aromatic carbocycles. The van der Waals surface area contributed by atoms with Crippen LogP contribution in [0.15, 0.2) is 51.8 Å². The summed E-state index contributed by atoms with van der Waals surface area (Å²) in [6.45, 7) is 0. The minimum Gasteiger partial charge on any atom is -0.327 e. The molecule has 5 heteroatoms. The van der Waals surface area contributed by atoms with Gasteiger partial charge in [-0.2, -0.15) is 0 Å². The lowest BCUT2D eigenvalue weighted by atomic mass is 10.1. The molecule has 20 heavy (non-hydrogen) atoms. The molecule has 0 spiro atoms. The van der Waals surface area contributed by atoms with Gasteiger partial charge in [-0.05, 0) is 42.3 Å². The van der Waals surface area contributed by atoms with E-state index in [1.54, 1.807) is 23.9 Å². The van der Waals surface area contributed by atoms with Gasteiger partial charge >= 0.3 is 0 Å². The molecule has 1 atom stereocenters. The first-order valence-corrected chi connectivity index (χ1v) is 8.28. The first-order chi connectivity index (χ1) is 9.54. The predicted molar refractivity (Wildman–Crippen MR) is 88.0 cm³/mol. The van der Waals surface area contributed by atoms with E-state index in [0.29, 0.717) is 17.0 Å². The molecule has 0 fully saturated rings. The van der Waals surface area contributed by atoms with Crippen LogP contribution in [0.4, 0.5) is 4.39 Å². The predicted octanol–water partition coefficient (Wildman–Crippen LogP) is 4.90. The lowest BCUT2D eigenvalue weighted by molar-refractivity contribution is 0.597. The fourth-order valence-electron chi connectivity index (χ4n) is 1.79. The summed E-state index contributed by atoms with van der Waals surface area (Å²) in [5.74, 6) is 0.443. The molecule has 0 aliphatic heterocycles. The number of hydrogen-bond acceptors (Lipinski definition) is 2. The summed E-state index contributed by atoms with van der Waals surface area (Å²) < 4.78 is 14.7. The van der Waals surface area contributed by atoms with Crippen LogP contribution in [0.25, 0.3) is 0 Å². The zero-order chi connectivity index (χ0) is 14.5. The summed E-state index contributed by atoms with van der Waals surface area (Å²) in [6.07, 6.45) is 0.504. The summed E-state index contributed by atoms with van der Waals surface area (Å²) in [4.78, 5) is 1.14. The highest BCUT2D eigenvalue weighted by Gasteiger charge is 2.09. The molecule has 0 aromatic heterocycles. The summed E-state index contributed by atoms with van der Waals surface area (Å²) in [7, 11) is 0. The van der Waals surface area contributed by atoms with Crippen LogP contribution in [0.2, 0.25) is 5.02 Å². The van der Waals surface area contributed by atoms with Gasteiger partial charge in [-0.3, -0.25) is 0 Å². The zero-order valence-electron chi connectivity index (χ0n) is 10.7. The number of rotatable bonds is 5. The number of thioether (sulfide) groups is 1. The minimum atomic E-state index is -0.291. The highest BCUT2D eigenvalue weighted by atomic mass is 79.9. The topological polar surface area (TPSA) is 26.0 Å². The average Bonchev–Trinajstić information content (AvgIpc) is 2.40. The van der Waals surface area contributed by atoms with Crippen molar-refractivity contribution in [2.45, 2.75) is 17.4 Å². The normalized spacial score (nSPS) is 12.4. The smallest absolute Gasteiger partial charge is 0.127 e. The molecule has 1 nitrogen and oxygen atoms in total. The van der Waals surface area contributed by atoms with Crippen LogP contribution in [0.3, 0.4) is 0 Å². The summed E-state index contributed by atoms with van der Waals surface area (Å²) in [6, 6.07) is 12.6. The van der Waals surface area contributed by atoms with Gasteiger partial charge in [-0.1, -0.05) is 39.7 Å². The van der Waals surface area contributed by atoms with Gasteiger partial charge in [-0.15, -0.1) is 11.8 Å². The minimum absolute atomic E-state index is 0.102. The van der Waals surface area contributed by atoms with Crippen molar-refractivity contribution in [3.63, 3.8) is 0 Å². The Kier molecular flexibility index (Phi) is 5.90. The van der Waals surface area contributed by atoms with E-state index in [9.17, 15) is 4.39 Å². The van der Waals surface area contributed by atoms with Crippen LogP contribution in [0, 0.1) is 5.82 Å². The third kappa shape index (κ3) is 4.77. The van der Waals surface area contributed by atoms with E-state index >= 15 is 0 Å². The molecule has 0 amide bonds. The molecule has 2 rings (SSSR count). The summed E-state index contributed by atoms with van der Waals surface area (Å²) in [5, 5.41) is 0.406. The Morgan fingerprint density at radius 2 is 2.05 bits per heavy atom. The maximum absolute atomic E-state index is 13.7. The molecule has 0 aliphatic carbocycles. The van der Waals surface area contributed by atoms with E-state index in [0.717, 1.165) is 15.1 Å². The highest BCUT2D eigenvalue weighted by Crippen LogP contribution is 2.23. The lowest BCUT2D eigenvalue weighted by Gasteiger charge is -2.12. The van der Waals surface area contributed by atoms with Gasteiger partial charge in [0.1, 0.15) is 5.82 Å². The Morgan fingerprint density at radius 3 is 2.75 bits per heavy atom. The molecular weight excluding hydrogens is 361 g/mol. The van der Waals surface area contributed by atoms with E-state index in [4.69, 9.17) is 17.3 Å². The Morgan fingerprint density at radius 1 is 1.25 bits per heavy atom. The van der Waals surface area contributed by atoms with Crippen molar-refractivity contribution in [3.05, 3.63) is 63.3 Å². The number of nitrogens with two attached hydrogens (primary N) is 1. The Bertz CT molecular complexity index is 594. The third-order valence-corrected chi connectivity index (χ3v) is 4.67. The molecule has 0 radical (unpaired) electrons. The van der Waals surface area contributed by atoms with E-state index in [-0.39, 0.29) is 11.9 Å². The van der Waals surface area contributed by atoms with E-state index in [1.165, 1.54) is 6.07 Å². The Balaban J connectivity index is 1.90. The Hall–Kier alpha value is -0.550. The van der Waals surface area contributed by atoms with Crippen LogP contribution in [0.5, 0.6) is 0 Å². The van der Waals surface area contributed by atoms with Crippen LogP contribution in [0.1, 0.15) is 5.56 Å². The van der Waals surface area contributed by atoms with Crippen LogP contribution >= 0.6 is 39.3 Å². The van der Waals surface area contributed by atoms with E-state index < -0.39 is 0 Å². The molecule has 2 aromatic rings. The van der Waals surface area contributed by atoms with Crippen LogP contribution in [-0.2, 0) is 6.42 Å². The van der Waals surface area contributed by atoms with Crippen molar-refractivity contribution in [1.82, 2.24) is 0 Å². The van der Waals surface area contributed by atoms with Gasteiger partial charge in [0.05, 0.1) is 0 Å². The van der Waals surface area contributed by atoms with Crippen molar-refractivity contribution in [2.24, 2.45) is 5.73 Å². The molecule has 2 N–H and O–H groups in total. The molecule has 0 bridgehead atoms. The second kappa shape index (κ2) is 7.46. The summed E-state index contributed by atoms with van der Waals surface area (Å²) >= 11 is 10.8. The summed E-state index contributed by atoms with van der Waals surface area (Å²) in [5.41, 5.74) is 6.67. The molecular formula is C15H14BrClFNS. The lowest BCUT2D eigenvalue weighted by Crippen LogP contribution is -2.26. The van der Waals surface area contributed by atoms with Crippen molar-refractivity contribution in [2.75, 3.05) is 5.75 Å². The average molecular weight is 375 g/mol. The van der Waals surface area contributed by atoms with Crippen molar-refractivity contribution >= 4 is 39.3 Å². The second-order valence-corrected chi connectivity index (χ2v) is 6.91. The van der Waals surface area contributed by atoms with Crippen molar-refractivity contribution in [3.8, 4) is 0 Å². The highest BCUT2D eigenvalue weighted by molar-refractivity contribution is 9.10. The first-order valence-electron chi connectivity index (χ1n) is 6.12. The fourth-order valence-corrected chi connectivity index (χ4v) is 3.41. The maximum Gasteiger partial charge on any atom is 0.127 e. The number of halogens is 3. The molecule has 1 unspecified atom stereocenters.